The zero-order valence-corrected chi connectivity index (χ0v) is 8.58. The van der Waals surface area contributed by atoms with Crippen molar-refractivity contribution in [2.24, 2.45) is 4.66 Å². The van der Waals surface area contributed by atoms with Crippen molar-refractivity contribution in [3.8, 4) is 0 Å². The summed E-state index contributed by atoms with van der Waals surface area (Å²) in [5, 5.41) is 16.2. The lowest BCUT2D eigenvalue weighted by molar-refractivity contribution is 0.562. The average Bonchev–Trinajstić information content (AvgIpc) is 2.08. The van der Waals surface area contributed by atoms with Crippen molar-refractivity contribution in [2.45, 2.75) is 7.43 Å². The van der Waals surface area contributed by atoms with Crippen LogP contribution in [-0.2, 0) is 19.2 Å². The van der Waals surface area contributed by atoms with Gasteiger partial charge < -0.3 is 0 Å². The highest BCUT2D eigenvalue weighted by Gasteiger charge is 1.29. The lowest BCUT2D eigenvalue weighted by Crippen LogP contribution is -1.43. The van der Waals surface area contributed by atoms with Gasteiger partial charge in [-0.3, -0.25) is 4.66 Å². The van der Waals surface area contributed by atoms with Crippen LogP contribution < -0.4 is 0 Å². The van der Waals surface area contributed by atoms with Gasteiger partial charge in [0.05, 0.1) is 0 Å². The molecule has 0 aromatic rings. The maximum Gasteiger partial charge on any atom is 0.231 e. The highest BCUT2D eigenvalue weighted by atomic mass is 28.2. The number of isocyanates is 4. The van der Waals surface area contributed by atoms with Crippen molar-refractivity contribution in [3.63, 3.8) is 0 Å². The SMILES string of the molecule is C.N=C=O.N=C=O.N=C=O.O=C=N[SiH3]. The molecule has 0 saturated carbocycles. The largest absolute Gasteiger partial charge is 0.260 e. The third-order valence-electron chi connectivity index (χ3n) is 0.0913. The molecule has 0 aliphatic heterocycles. The summed E-state index contributed by atoms with van der Waals surface area (Å²) in [5.41, 5.74) is 0. The van der Waals surface area contributed by atoms with Gasteiger partial charge in [0, 0.05) is 0 Å². The molecular weight excluding hydrogens is 208 g/mol. The Morgan fingerprint density at radius 1 is 0.857 bits per heavy atom. The van der Waals surface area contributed by atoms with Crippen molar-refractivity contribution >= 4 is 34.7 Å². The summed E-state index contributed by atoms with van der Waals surface area (Å²) in [6.07, 6.45) is 3.62. The van der Waals surface area contributed by atoms with Crippen LogP contribution in [0.3, 0.4) is 0 Å². The molecule has 3 N–H and O–H groups in total. The molecule has 0 aromatic carbocycles. The Hall–Kier alpha value is -2.26. The first-order chi connectivity index (χ1) is 6.16. The van der Waals surface area contributed by atoms with Gasteiger partial charge in [-0.15, -0.1) is 0 Å². The van der Waals surface area contributed by atoms with Crippen molar-refractivity contribution in [1.82, 2.24) is 0 Å². The van der Waals surface area contributed by atoms with Crippen LogP contribution >= 0.6 is 0 Å². The Bertz CT molecular complexity index is 202. The van der Waals surface area contributed by atoms with Crippen molar-refractivity contribution < 1.29 is 19.2 Å². The summed E-state index contributed by atoms with van der Waals surface area (Å²) >= 11 is 0. The van der Waals surface area contributed by atoms with E-state index in [0.29, 0.717) is 10.4 Å². The van der Waals surface area contributed by atoms with Gasteiger partial charge in [0.2, 0.25) is 24.3 Å². The van der Waals surface area contributed by atoms with Gasteiger partial charge in [-0.05, 0) is 0 Å². The van der Waals surface area contributed by atoms with Gasteiger partial charge >= 0.3 is 0 Å². The van der Waals surface area contributed by atoms with Gasteiger partial charge in [-0.25, -0.2) is 35.4 Å². The summed E-state index contributed by atoms with van der Waals surface area (Å²) in [7, 11) is 0.591. The van der Waals surface area contributed by atoms with E-state index in [0.717, 1.165) is 18.2 Å². The minimum absolute atomic E-state index is 0. The molecule has 0 aromatic heterocycles. The Morgan fingerprint density at radius 2 is 0.929 bits per heavy atom. The van der Waals surface area contributed by atoms with E-state index in [4.69, 9.17) is 35.4 Å². The minimum atomic E-state index is 0. The summed E-state index contributed by atoms with van der Waals surface area (Å²) in [6, 6.07) is 0. The molecule has 14 heavy (non-hydrogen) atoms. The number of carbonyl (C=O) groups excluding carboxylic acids is 4. The third-order valence-corrected chi connectivity index (χ3v) is 0.274. The fourth-order valence-electron chi connectivity index (χ4n) is 0. The molecule has 0 fully saturated rings. The van der Waals surface area contributed by atoms with Gasteiger partial charge in [0.25, 0.3) is 0 Å². The predicted molar refractivity (Wildman–Crippen MR) is 50.0 cm³/mol. The number of nitrogens with zero attached hydrogens (tertiary/aromatic N) is 1. The number of nitrogens with one attached hydrogen (secondary N) is 3. The molecule has 78 valence electrons. The Labute approximate surface area is 83.1 Å². The van der Waals surface area contributed by atoms with Gasteiger partial charge in [-0.1, -0.05) is 7.43 Å². The summed E-state index contributed by atoms with van der Waals surface area (Å²) in [6.45, 7) is 0. The molecule has 0 spiro atoms. The first-order valence-electron chi connectivity index (χ1n) is 2.24. The van der Waals surface area contributed by atoms with Crippen LogP contribution in [0.4, 0.5) is 0 Å². The Morgan fingerprint density at radius 3 is 0.929 bits per heavy atom. The van der Waals surface area contributed by atoms with E-state index in [-0.39, 0.29) is 7.43 Å². The molecule has 0 aliphatic rings. The molecule has 0 amide bonds. The minimum Gasteiger partial charge on any atom is -0.260 e. The molecule has 9 heteroatoms. The molecule has 0 unspecified atom stereocenters. The van der Waals surface area contributed by atoms with Crippen LogP contribution in [0.15, 0.2) is 4.66 Å². The monoisotopic (exact) mass is 218 g/mol. The normalized spacial score (nSPS) is 3.14. The second-order valence-electron chi connectivity index (χ2n) is 0.621. The van der Waals surface area contributed by atoms with Crippen LogP contribution in [0.1, 0.15) is 7.43 Å². The first-order valence-corrected chi connectivity index (χ1v) is 3.13. The molecule has 8 nitrogen and oxygen atoms in total. The number of rotatable bonds is 0. The molecule has 0 saturated heterocycles. The molecule has 0 atom stereocenters. The summed E-state index contributed by atoms with van der Waals surface area (Å²) in [5.74, 6) is 0. The van der Waals surface area contributed by atoms with Gasteiger partial charge in [0.1, 0.15) is 0 Å². The fourth-order valence-corrected chi connectivity index (χ4v) is 0. The lowest BCUT2D eigenvalue weighted by Gasteiger charge is -1.36. The maximum absolute atomic E-state index is 8.92. The third kappa shape index (κ3) is 466. The Balaban J connectivity index is -0.0000000254. The lowest BCUT2D eigenvalue weighted by atomic mass is 11.7. The van der Waals surface area contributed by atoms with E-state index in [1.54, 1.807) is 0 Å². The smallest absolute Gasteiger partial charge is 0.231 e. The first kappa shape index (κ1) is 29.8. The molecule has 0 rings (SSSR count). The molecular formula is C5H10N4O4Si. The van der Waals surface area contributed by atoms with E-state index in [9.17, 15) is 0 Å². The van der Waals surface area contributed by atoms with Crippen molar-refractivity contribution in [3.05, 3.63) is 0 Å². The van der Waals surface area contributed by atoms with Crippen molar-refractivity contribution in [2.75, 3.05) is 0 Å². The summed E-state index contributed by atoms with van der Waals surface area (Å²) in [4.78, 5) is 34.0. The van der Waals surface area contributed by atoms with Crippen LogP contribution in [0, 0.1) is 16.2 Å². The van der Waals surface area contributed by atoms with E-state index < -0.39 is 0 Å². The van der Waals surface area contributed by atoms with Crippen molar-refractivity contribution in [1.29, 1.82) is 16.2 Å². The molecule has 0 aliphatic carbocycles. The highest BCUT2D eigenvalue weighted by molar-refractivity contribution is 6.07. The second kappa shape index (κ2) is 136. The fraction of sp³-hybridized carbons (Fsp3) is 0.200. The van der Waals surface area contributed by atoms with E-state index in [1.807, 2.05) is 0 Å². The van der Waals surface area contributed by atoms with Crippen LogP contribution in [0.2, 0.25) is 0 Å². The van der Waals surface area contributed by atoms with E-state index in [1.165, 1.54) is 6.08 Å². The predicted octanol–water partition coefficient (Wildman–Crippen LogP) is -1.06. The number of hydrogen-bond acceptors (Lipinski definition) is 8. The topological polar surface area (TPSA) is 152 Å². The van der Waals surface area contributed by atoms with Gasteiger partial charge in [0.15, 0.2) is 10.4 Å². The standard InChI is InChI=1S/CH3NOSi.3CHNO.CH4/c3-1-2-4;3*2-1-3;/h4H3;3*2H;1H4. The average molecular weight is 218 g/mol. The zero-order chi connectivity index (χ0) is 11.5. The maximum atomic E-state index is 8.92. The van der Waals surface area contributed by atoms with Gasteiger partial charge in [-0.2, -0.15) is 0 Å². The van der Waals surface area contributed by atoms with Crippen LogP contribution in [0.5, 0.6) is 0 Å². The second-order valence-corrected chi connectivity index (χ2v) is 1.07. The molecule has 0 bridgehead atoms. The highest BCUT2D eigenvalue weighted by Crippen LogP contribution is 1.24. The molecule has 0 radical (unpaired) electrons. The zero-order valence-electron chi connectivity index (χ0n) is 6.58. The van der Waals surface area contributed by atoms with Crippen LogP contribution in [0.25, 0.3) is 0 Å². The summed E-state index contributed by atoms with van der Waals surface area (Å²) < 4.78 is 3.07. The van der Waals surface area contributed by atoms with Crippen LogP contribution in [-0.4, -0.2) is 34.7 Å². The molecule has 0 heterocycles. The Kier molecular flexibility index (Phi) is 289. The quantitative estimate of drug-likeness (QED) is 0.269. The van der Waals surface area contributed by atoms with E-state index in [2.05, 4.69) is 4.66 Å². The number of hydrogen-bond donors (Lipinski definition) is 3. The van der Waals surface area contributed by atoms with E-state index >= 15 is 0 Å².